The van der Waals surface area contributed by atoms with Crippen LogP contribution < -0.4 is 0 Å². The van der Waals surface area contributed by atoms with Gasteiger partial charge in [0.05, 0.1) is 0 Å². The molecule has 1 unspecified atom stereocenters. The van der Waals surface area contributed by atoms with E-state index in [0.29, 0.717) is 12.0 Å². The lowest BCUT2D eigenvalue weighted by atomic mass is 9.81. The first kappa shape index (κ1) is 13.0. The van der Waals surface area contributed by atoms with E-state index in [2.05, 4.69) is 0 Å². The third kappa shape index (κ3) is 1.45. The fraction of sp³-hybridized carbons (Fsp3) is 0.158. The number of hydrogen-bond acceptors (Lipinski definition) is 2. The molecule has 1 atom stereocenters. The van der Waals surface area contributed by atoms with Gasteiger partial charge in [-0.05, 0) is 24.6 Å². The highest BCUT2D eigenvalue weighted by Crippen LogP contribution is 2.54. The lowest BCUT2D eigenvalue weighted by Gasteiger charge is -2.33. The lowest BCUT2D eigenvalue weighted by Crippen LogP contribution is -2.46. The summed E-state index contributed by atoms with van der Waals surface area (Å²) in [6.07, 6.45) is 2.57. The highest BCUT2D eigenvalue weighted by atomic mass is 16.2. The Morgan fingerprint density at radius 3 is 2.41 bits per heavy atom. The van der Waals surface area contributed by atoms with Gasteiger partial charge in [0, 0.05) is 23.2 Å². The molecule has 3 nitrogen and oxygen atoms in total. The standard InChI is InChI=1S/C19H15NO2/c1-13(21)19-12-11-17(15-9-5-6-10-16(15)19)20(19)18(22)14-7-3-2-4-8-14/h2-11H,12H2,1H3. The molecule has 0 saturated carbocycles. The Bertz CT molecular complexity index is 822. The summed E-state index contributed by atoms with van der Waals surface area (Å²) in [5, 5.41) is 0. The van der Waals surface area contributed by atoms with Crippen LogP contribution in [-0.4, -0.2) is 16.6 Å². The molecule has 2 aromatic rings. The van der Waals surface area contributed by atoms with Gasteiger partial charge in [-0.2, -0.15) is 0 Å². The van der Waals surface area contributed by atoms with Gasteiger partial charge in [0.15, 0.2) is 5.78 Å². The van der Waals surface area contributed by atoms with E-state index in [1.165, 1.54) is 0 Å². The van der Waals surface area contributed by atoms with Gasteiger partial charge in [-0.15, -0.1) is 0 Å². The van der Waals surface area contributed by atoms with Crippen molar-refractivity contribution in [3.05, 3.63) is 77.4 Å². The maximum Gasteiger partial charge on any atom is 0.259 e. The molecule has 0 aromatic heterocycles. The SMILES string of the molecule is CC(=O)C12CC=C(c3ccccc31)N2C(=O)c1ccccc1. The summed E-state index contributed by atoms with van der Waals surface area (Å²) in [6, 6.07) is 17.0. The molecule has 0 saturated heterocycles. The summed E-state index contributed by atoms with van der Waals surface area (Å²) in [6.45, 7) is 1.57. The van der Waals surface area contributed by atoms with Crippen LogP contribution in [0, 0.1) is 0 Å². The van der Waals surface area contributed by atoms with Crippen molar-refractivity contribution in [2.45, 2.75) is 18.9 Å². The molecule has 2 aromatic carbocycles. The van der Waals surface area contributed by atoms with E-state index in [-0.39, 0.29) is 11.7 Å². The van der Waals surface area contributed by atoms with E-state index in [9.17, 15) is 9.59 Å². The zero-order valence-electron chi connectivity index (χ0n) is 12.2. The maximum absolute atomic E-state index is 13.0. The van der Waals surface area contributed by atoms with Crippen LogP contribution >= 0.6 is 0 Å². The van der Waals surface area contributed by atoms with Crippen LogP contribution in [0.3, 0.4) is 0 Å². The average molecular weight is 289 g/mol. The van der Waals surface area contributed by atoms with E-state index < -0.39 is 5.54 Å². The molecule has 0 radical (unpaired) electrons. The predicted octanol–water partition coefficient (Wildman–Crippen LogP) is 3.37. The second-order valence-electron chi connectivity index (χ2n) is 5.76. The Morgan fingerprint density at radius 1 is 1.00 bits per heavy atom. The number of rotatable bonds is 2. The molecule has 4 rings (SSSR count). The topological polar surface area (TPSA) is 37.4 Å². The van der Waals surface area contributed by atoms with Gasteiger partial charge in [0.1, 0.15) is 5.54 Å². The van der Waals surface area contributed by atoms with E-state index in [1.807, 2.05) is 48.5 Å². The molecule has 2 aliphatic heterocycles. The minimum absolute atomic E-state index is 0.00739. The largest absolute Gasteiger partial charge is 0.297 e. The number of fused-ring (bicyclic) bond motifs is 5. The average Bonchev–Trinajstić information content (AvgIpc) is 3.08. The molecule has 1 amide bonds. The Balaban J connectivity index is 1.91. The summed E-state index contributed by atoms with van der Waals surface area (Å²) in [4.78, 5) is 27.2. The van der Waals surface area contributed by atoms with Crippen molar-refractivity contribution in [3.8, 4) is 0 Å². The van der Waals surface area contributed by atoms with Crippen LogP contribution in [0.25, 0.3) is 5.70 Å². The molecule has 0 N–H and O–H groups in total. The zero-order chi connectivity index (χ0) is 15.3. The van der Waals surface area contributed by atoms with Crippen molar-refractivity contribution in [1.82, 2.24) is 4.90 Å². The van der Waals surface area contributed by atoms with E-state index in [0.717, 1.165) is 16.8 Å². The molecule has 0 fully saturated rings. The third-order valence-corrected chi connectivity index (χ3v) is 4.67. The van der Waals surface area contributed by atoms with Crippen molar-refractivity contribution >= 4 is 17.4 Å². The van der Waals surface area contributed by atoms with Gasteiger partial charge >= 0.3 is 0 Å². The molecular formula is C19H15NO2. The minimum atomic E-state index is -0.862. The highest BCUT2D eigenvalue weighted by Gasteiger charge is 2.56. The zero-order valence-corrected chi connectivity index (χ0v) is 12.2. The second-order valence-corrected chi connectivity index (χ2v) is 5.76. The van der Waals surface area contributed by atoms with Crippen molar-refractivity contribution in [1.29, 1.82) is 0 Å². The Hall–Kier alpha value is -2.68. The monoisotopic (exact) mass is 289 g/mol. The first-order chi connectivity index (χ1) is 10.7. The number of carbonyl (C=O) groups excluding carboxylic acids is 2. The summed E-state index contributed by atoms with van der Waals surface area (Å²) in [5.41, 5.74) is 2.55. The van der Waals surface area contributed by atoms with Gasteiger partial charge in [-0.1, -0.05) is 48.5 Å². The molecule has 0 spiro atoms. The summed E-state index contributed by atoms with van der Waals surface area (Å²) in [7, 11) is 0. The highest BCUT2D eigenvalue weighted by molar-refractivity contribution is 6.09. The summed E-state index contributed by atoms with van der Waals surface area (Å²) < 4.78 is 0. The number of hydrogen-bond donors (Lipinski definition) is 0. The number of ketones is 1. The fourth-order valence-electron chi connectivity index (χ4n) is 3.64. The van der Waals surface area contributed by atoms with Gasteiger partial charge in [0.2, 0.25) is 0 Å². The predicted molar refractivity (Wildman–Crippen MR) is 84.0 cm³/mol. The Morgan fingerprint density at radius 2 is 1.68 bits per heavy atom. The Labute approximate surface area is 128 Å². The van der Waals surface area contributed by atoms with Gasteiger partial charge < -0.3 is 0 Å². The van der Waals surface area contributed by atoms with Crippen LogP contribution in [0.5, 0.6) is 0 Å². The van der Waals surface area contributed by atoms with Crippen LogP contribution in [-0.2, 0) is 10.3 Å². The third-order valence-electron chi connectivity index (χ3n) is 4.67. The van der Waals surface area contributed by atoms with E-state index >= 15 is 0 Å². The molecule has 2 aliphatic rings. The quantitative estimate of drug-likeness (QED) is 0.850. The number of nitrogens with zero attached hydrogens (tertiary/aromatic N) is 1. The minimum Gasteiger partial charge on any atom is -0.297 e. The molecule has 108 valence electrons. The van der Waals surface area contributed by atoms with Crippen LogP contribution in [0.2, 0.25) is 0 Å². The molecule has 22 heavy (non-hydrogen) atoms. The lowest BCUT2D eigenvalue weighted by molar-refractivity contribution is -0.125. The van der Waals surface area contributed by atoms with Crippen molar-refractivity contribution in [3.63, 3.8) is 0 Å². The maximum atomic E-state index is 13.0. The second kappa shape index (κ2) is 4.41. The van der Waals surface area contributed by atoms with E-state index in [1.54, 1.807) is 24.0 Å². The molecular weight excluding hydrogens is 274 g/mol. The number of Topliss-reactive ketones (excluding diaryl/α,β-unsaturated/α-hetero) is 1. The number of carbonyl (C=O) groups is 2. The summed E-state index contributed by atoms with van der Waals surface area (Å²) >= 11 is 0. The number of benzene rings is 2. The van der Waals surface area contributed by atoms with Gasteiger partial charge in [-0.25, -0.2) is 0 Å². The van der Waals surface area contributed by atoms with Crippen LogP contribution in [0.1, 0.15) is 34.8 Å². The smallest absolute Gasteiger partial charge is 0.259 e. The number of amides is 1. The van der Waals surface area contributed by atoms with Gasteiger partial charge in [-0.3, -0.25) is 14.5 Å². The first-order valence-electron chi connectivity index (χ1n) is 7.37. The molecule has 0 aliphatic carbocycles. The van der Waals surface area contributed by atoms with Crippen molar-refractivity contribution in [2.24, 2.45) is 0 Å². The van der Waals surface area contributed by atoms with Crippen molar-refractivity contribution in [2.75, 3.05) is 0 Å². The fourth-order valence-corrected chi connectivity index (χ4v) is 3.64. The molecule has 2 bridgehead atoms. The van der Waals surface area contributed by atoms with Gasteiger partial charge in [0.25, 0.3) is 5.91 Å². The Kier molecular flexibility index (Phi) is 2.61. The molecule has 2 heterocycles. The van der Waals surface area contributed by atoms with E-state index in [4.69, 9.17) is 0 Å². The van der Waals surface area contributed by atoms with Crippen LogP contribution in [0.4, 0.5) is 0 Å². The summed E-state index contributed by atoms with van der Waals surface area (Å²) in [5.74, 6) is -0.108. The van der Waals surface area contributed by atoms with Crippen molar-refractivity contribution < 1.29 is 9.59 Å². The normalized spacial score (nSPS) is 21.5. The van der Waals surface area contributed by atoms with Crippen LogP contribution in [0.15, 0.2) is 60.7 Å². The first-order valence-corrected chi connectivity index (χ1v) is 7.37. The molecule has 3 heteroatoms.